The van der Waals surface area contributed by atoms with E-state index in [0.29, 0.717) is 0 Å². The number of pyridine rings is 3. The summed E-state index contributed by atoms with van der Waals surface area (Å²) in [6.07, 6.45) is 10.5. The van der Waals surface area contributed by atoms with Crippen LogP contribution in [-0.2, 0) is 21.1 Å². The van der Waals surface area contributed by atoms with Crippen molar-refractivity contribution >= 4 is 0 Å². The third-order valence-electron chi connectivity index (χ3n) is 1.70. The monoisotopic (exact) mass is 335 g/mol. The Hall–Kier alpha value is -1.86. The molecule has 0 radical (unpaired) electrons. The van der Waals surface area contributed by atoms with E-state index in [1.807, 2.05) is 54.6 Å². The molecule has 0 atom stereocenters. The quantitative estimate of drug-likeness (QED) is 0.593. The fourth-order valence-electron chi connectivity index (χ4n) is 0.938. The van der Waals surface area contributed by atoms with Crippen molar-refractivity contribution in [2.24, 2.45) is 0 Å². The van der Waals surface area contributed by atoms with Crippen LogP contribution >= 0.6 is 0 Å². The Morgan fingerprint density at radius 3 is 0.579 bits per heavy atom. The number of hydrogen-bond acceptors (Lipinski definition) is 3. The molecule has 0 bridgehead atoms. The SMILES string of the molecule is [Mo].c1ccncc1.c1ccncc1.c1ccncc1. The zero-order chi connectivity index (χ0) is 12.7. The van der Waals surface area contributed by atoms with Crippen LogP contribution in [0.3, 0.4) is 0 Å². The first kappa shape index (κ1) is 17.1. The number of aromatic nitrogens is 3. The van der Waals surface area contributed by atoms with Gasteiger partial charge in [-0.05, 0) is 36.4 Å². The maximum Gasteiger partial charge on any atom is 0.0267 e. The summed E-state index contributed by atoms with van der Waals surface area (Å²) in [6, 6.07) is 17.1. The van der Waals surface area contributed by atoms with Gasteiger partial charge in [-0.25, -0.2) is 0 Å². The van der Waals surface area contributed by atoms with Crippen LogP contribution in [0.2, 0.25) is 0 Å². The van der Waals surface area contributed by atoms with Gasteiger partial charge in [-0.15, -0.1) is 0 Å². The van der Waals surface area contributed by atoms with Gasteiger partial charge in [0.25, 0.3) is 0 Å². The molecule has 0 spiro atoms. The minimum Gasteiger partial charge on any atom is -0.265 e. The van der Waals surface area contributed by atoms with Crippen LogP contribution in [-0.4, -0.2) is 15.0 Å². The topological polar surface area (TPSA) is 38.7 Å². The zero-order valence-corrected chi connectivity index (χ0v) is 12.4. The second-order valence-corrected chi connectivity index (χ2v) is 3.07. The molecule has 3 nitrogen and oxygen atoms in total. The average molecular weight is 333 g/mol. The van der Waals surface area contributed by atoms with E-state index >= 15 is 0 Å². The van der Waals surface area contributed by atoms with Crippen LogP contribution in [0.4, 0.5) is 0 Å². The molecule has 0 fully saturated rings. The summed E-state index contributed by atoms with van der Waals surface area (Å²) in [7, 11) is 0. The van der Waals surface area contributed by atoms with Gasteiger partial charge in [0.2, 0.25) is 0 Å². The summed E-state index contributed by atoms with van der Waals surface area (Å²) in [6.45, 7) is 0. The van der Waals surface area contributed by atoms with Crippen molar-refractivity contribution in [3.05, 3.63) is 91.8 Å². The Balaban J connectivity index is 0.000000249. The van der Waals surface area contributed by atoms with Crippen LogP contribution < -0.4 is 0 Å². The summed E-state index contributed by atoms with van der Waals surface area (Å²) in [4.78, 5) is 11.4. The second kappa shape index (κ2) is 14.2. The molecule has 0 aromatic carbocycles. The molecule has 3 heterocycles. The normalized spacial score (nSPS) is 7.58. The molecule has 4 heteroatoms. The molecular weight excluding hydrogens is 318 g/mol. The minimum absolute atomic E-state index is 0. The molecule has 0 saturated carbocycles. The Labute approximate surface area is 128 Å². The second-order valence-electron chi connectivity index (χ2n) is 3.07. The van der Waals surface area contributed by atoms with Crippen molar-refractivity contribution in [1.29, 1.82) is 0 Å². The molecule has 3 aromatic rings. The summed E-state index contributed by atoms with van der Waals surface area (Å²) in [5.74, 6) is 0. The molecule has 0 aliphatic carbocycles. The Morgan fingerprint density at radius 1 is 0.316 bits per heavy atom. The van der Waals surface area contributed by atoms with E-state index < -0.39 is 0 Å². The van der Waals surface area contributed by atoms with E-state index in [2.05, 4.69) is 15.0 Å². The third-order valence-corrected chi connectivity index (χ3v) is 1.70. The minimum atomic E-state index is 0. The van der Waals surface area contributed by atoms with E-state index in [1.54, 1.807) is 37.2 Å². The van der Waals surface area contributed by atoms with Gasteiger partial charge in [-0.3, -0.25) is 15.0 Å². The van der Waals surface area contributed by atoms with Gasteiger partial charge in [0.1, 0.15) is 0 Å². The Kier molecular flexibility index (Phi) is 12.8. The van der Waals surface area contributed by atoms with Crippen LogP contribution in [0.25, 0.3) is 0 Å². The molecule has 96 valence electrons. The fourth-order valence-corrected chi connectivity index (χ4v) is 0.938. The van der Waals surface area contributed by atoms with E-state index in [1.165, 1.54) is 0 Å². The van der Waals surface area contributed by atoms with Gasteiger partial charge in [0, 0.05) is 58.2 Å². The maximum absolute atomic E-state index is 3.78. The smallest absolute Gasteiger partial charge is 0.0267 e. The van der Waals surface area contributed by atoms with E-state index in [4.69, 9.17) is 0 Å². The first-order chi connectivity index (χ1) is 9.00. The fraction of sp³-hybridized carbons (Fsp3) is 0. The van der Waals surface area contributed by atoms with Crippen molar-refractivity contribution in [3.63, 3.8) is 0 Å². The van der Waals surface area contributed by atoms with Crippen LogP contribution in [0.1, 0.15) is 0 Å². The van der Waals surface area contributed by atoms with Gasteiger partial charge in [0.05, 0.1) is 0 Å². The molecule has 0 aliphatic rings. The molecule has 0 aliphatic heterocycles. The molecule has 3 aromatic heterocycles. The maximum atomic E-state index is 3.78. The predicted molar refractivity (Wildman–Crippen MR) is 72.7 cm³/mol. The van der Waals surface area contributed by atoms with E-state index in [-0.39, 0.29) is 21.1 Å². The summed E-state index contributed by atoms with van der Waals surface area (Å²) >= 11 is 0. The van der Waals surface area contributed by atoms with Crippen molar-refractivity contribution in [1.82, 2.24) is 15.0 Å². The first-order valence-corrected chi connectivity index (χ1v) is 5.55. The van der Waals surface area contributed by atoms with Gasteiger partial charge in [0.15, 0.2) is 0 Å². The summed E-state index contributed by atoms with van der Waals surface area (Å²) < 4.78 is 0. The van der Waals surface area contributed by atoms with Crippen molar-refractivity contribution < 1.29 is 21.1 Å². The number of rotatable bonds is 0. The predicted octanol–water partition coefficient (Wildman–Crippen LogP) is 3.24. The van der Waals surface area contributed by atoms with Gasteiger partial charge in [-0.1, -0.05) is 18.2 Å². The Bertz CT molecular complexity index is 308. The molecule has 0 amide bonds. The molecule has 19 heavy (non-hydrogen) atoms. The van der Waals surface area contributed by atoms with E-state index in [0.717, 1.165) is 0 Å². The molecule has 0 saturated heterocycles. The van der Waals surface area contributed by atoms with E-state index in [9.17, 15) is 0 Å². The number of hydrogen-bond donors (Lipinski definition) is 0. The third kappa shape index (κ3) is 12.4. The van der Waals surface area contributed by atoms with Crippen LogP contribution in [0.5, 0.6) is 0 Å². The standard InChI is InChI=1S/3C5H5N.Mo/c3*1-2-4-6-5-3-1;/h3*1-5H;. The largest absolute Gasteiger partial charge is 0.265 e. The van der Waals surface area contributed by atoms with Crippen molar-refractivity contribution in [2.75, 3.05) is 0 Å². The summed E-state index contributed by atoms with van der Waals surface area (Å²) in [5, 5.41) is 0. The zero-order valence-electron chi connectivity index (χ0n) is 10.4. The molecular formula is C15H15MoN3. The summed E-state index contributed by atoms with van der Waals surface area (Å²) in [5.41, 5.74) is 0. The average Bonchev–Trinajstić information content (AvgIpc) is 2.54. The molecule has 3 rings (SSSR count). The number of nitrogens with zero attached hydrogens (tertiary/aromatic N) is 3. The Morgan fingerprint density at radius 2 is 0.526 bits per heavy atom. The van der Waals surface area contributed by atoms with Gasteiger partial charge >= 0.3 is 0 Å². The van der Waals surface area contributed by atoms with Gasteiger partial charge < -0.3 is 0 Å². The van der Waals surface area contributed by atoms with Crippen molar-refractivity contribution in [2.45, 2.75) is 0 Å². The van der Waals surface area contributed by atoms with Crippen LogP contribution in [0, 0.1) is 0 Å². The molecule has 0 N–H and O–H groups in total. The van der Waals surface area contributed by atoms with Crippen LogP contribution in [0.15, 0.2) is 91.8 Å². The van der Waals surface area contributed by atoms with Gasteiger partial charge in [-0.2, -0.15) is 0 Å². The first-order valence-electron chi connectivity index (χ1n) is 5.55. The van der Waals surface area contributed by atoms with Crippen molar-refractivity contribution in [3.8, 4) is 0 Å². The molecule has 0 unspecified atom stereocenters.